The maximum atomic E-state index is 12.9. The van der Waals surface area contributed by atoms with Crippen LogP contribution in [0, 0.1) is 5.82 Å². The van der Waals surface area contributed by atoms with Crippen LogP contribution in [0.5, 0.6) is 0 Å². The van der Waals surface area contributed by atoms with Gasteiger partial charge in [-0.3, -0.25) is 4.79 Å². The van der Waals surface area contributed by atoms with E-state index in [1.54, 1.807) is 54.7 Å². The van der Waals surface area contributed by atoms with E-state index in [2.05, 4.69) is 15.6 Å². The molecular formula is C19H15ClFN3O. The Morgan fingerprint density at radius 3 is 2.36 bits per heavy atom. The van der Waals surface area contributed by atoms with Crippen LogP contribution in [-0.4, -0.2) is 10.9 Å². The second-order valence-corrected chi connectivity index (χ2v) is 5.81. The van der Waals surface area contributed by atoms with Crippen LogP contribution in [0.3, 0.4) is 0 Å². The SMILES string of the molecule is O=C(Nc1ccc(NCc2ccc(F)cc2)nc1)c1ccc(Cl)cc1. The highest BCUT2D eigenvalue weighted by Gasteiger charge is 2.06. The van der Waals surface area contributed by atoms with Gasteiger partial charge in [0.15, 0.2) is 0 Å². The molecular weight excluding hydrogens is 341 g/mol. The van der Waals surface area contributed by atoms with Gasteiger partial charge in [-0.25, -0.2) is 9.37 Å². The van der Waals surface area contributed by atoms with Gasteiger partial charge in [0.2, 0.25) is 0 Å². The number of hydrogen-bond acceptors (Lipinski definition) is 3. The van der Waals surface area contributed by atoms with Crippen LogP contribution in [0.25, 0.3) is 0 Å². The Morgan fingerprint density at radius 2 is 1.72 bits per heavy atom. The first-order valence-electron chi connectivity index (χ1n) is 7.61. The average Bonchev–Trinajstić information content (AvgIpc) is 2.63. The molecule has 0 fully saturated rings. The number of nitrogens with zero attached hydrogens (tertiary/aromatic N) is 1. The third-order valence-electron chi connectivity index (χ3n) is 3.51. The highest BCUT2D eigenvalue weighted by atomic mass is 35.5. The number of anilines is 2. The number of nitrogens with one attached hydrogen (secondary N) is 2. The van der Waals surface area contributed by atoms with Gasteiger partial charge in [0.1, 0.15) is 11.6 Å². The summed E-state index contributed by atoms with van der Waals surface area (Å²) in [5, 5.41) is 6.49. The molecule has 1 heterocycles. The van der Waals surface area contributed by atoms with Gasteiger partial charge in [-0.1, -0.05) is 23.7 Å². The van der Waals surface area contributed by atoms with Crippen molar-refractivity contribution < 1.29 is 9.18 Å². The van der Waals surface area contributed by atoms with Gasteiger partial charge in [0.25, 0.3) is 5.91 Å². The van der Waals surface area contributed by atoms with Gasteiger partial charge in [-0.15, -0.1) is 0 Å². The van der Waals surface area contributed by atoms with Crippen LogP contribution < -0.4 is 10.6 Å². The van der Waals surface area contributed by atoms with E-state index in [0.717, 1.165) is 5.56 Å². The fourth-order valence-corrected chi connectivity index (χ4v) is 2.30. The van der Waals surface area contributed by atoms with Crippen molar-refractivity contribution in [2.75, 3.05) is 10.6 Å². The Kier molecular flexibility index (Phi) is 5.26. The molecule has 2 N–H and O–H groups in total. The molecule has 1 aromatic heterocycles. The summed E-state index contributed by atoms with van der Waals surface area (Å²) in [4.78, 5) is 16.4. The molecule has 0 aliphatic heterocycles. The summed E-state index contributed by atoms with van der Waals surface area (Å²) < 4.78 is 12.9. The van der Waals surface area contributed by atoms with Crippen LogP contribution in [0.1, 0.15) is 15.9 Å². The van der Waals surface area contributed by atoms with E-state index in [-0.39, 0.29) is 11.7 Å². The third kappa shape index (κ3) is 4.78. The summed E-state index contributed by atoms with van der Waals surface area (Å²) in [7, 11) is 0. The molecule has 3 aromatic rings. The minimum Gasteiger partial charge on any atom is -0.366 e. The zero-order valence-electron chi connectivity index (χ0n) is 13.2. The second-order valence-electron chi connectivity index (χ2n) is 5.37. The molecule has 3 rings (SSSR count). The number of aromatic nitrogens is 1. The third-order valence-corrected chi connectivity index (χ3v) is 3.77. The van der Waals surface area contributed by atoms with Gasteiger partial charge in [0, 0.05) is 17.1 Å². The number of carbonyl (C=O) groups excluding carboxylic acids is 1. The number of amides is 1. The number of hydrogen-bond donors (Lipinski definition) is 2. The molecule has 0 spiro atoms. The molecule has 0 radical (unpaired) electrons. The predicted octanol–water partition coefficient (Wildman–Crippen LogP) is 4.74. The number of pyridine rings is 1. The lowest BCUT2D eigenvalue weighted by Crippen LogP contribution is -2.12. The summed E-state index contributed by atoms with van der Waals surface area (Å²) in [5.41, 5.74) is 2.05. The van der Waals surface area contributed by atoms with E-state index in [4.69, 9.17) is 11.6 Å². The standard InChI is InChI=1S/C19H15ClFN3O/c20-15-5-3-14(4-6-15)19(25)24-17-9-10-18(23-12-17)22-11-13-1-7-16(21)8-2-13/h1-10,12H,11H2,(H,22,23)(H,24,25). The van der Waals surface area contributed by atoms with Crippen molar-refractivity contribution in [3.63, 3.8) is 0 Å². The quantitative estimate of drug-likeness (QED) is 0.695. The summed E-state index contributed by atoms with van der Waals surface area (Å²) in [6.07, 6.45) is 1.57. The smallest absolute Gasteiger partial charge is 0.255 e. The summed E-state index contributed by atoms with van der Waals surface area (Å²) in [6, 6.07) is 16.4. The number of rotatable bonds is 5. The Bertz CT molecular complexity index is 849. The van der Waals surface area contributed by atoms with Crippen LogP contribution in [0.2, 0.25) is 5.02 Å². The predicted molar refractivity (Wildman–Crippen MR) is 97.4 cm³/mol. The summed E-state index contributed by atoms with van der Waals surface area (Å²) in [5.74, 6) is 0.168. The van der Waals surface area contributed by atoms with Crippen molar-refractivity contribution >= 4 is 29.0 Å². The lowest BCUT2D eigenvalue weighted by atomic mass is 10.2. The van der Waals surface area contributed by atoms with Crippen molar-refractivity contribution in [1.29, 1.82) is 0 Å². The first kappa shape index (κ1) is 16.9. The van der Waals surface area contributed by atoms with Gasteiger partial charge in [-0.05, 0) is 54.1 Å². The molecule has 0 unspecified atom stereocenters. The van der Waals surface area contributed by atoms with Crippen LogP contribution >= 0.6 is 11.6 Å². The van der Waals surface area contributed by atoms with Crippen molar-refractivity contribution in [2.45, 2.75) is 6.54 Å². The molecule has 0 aliphatic carbocycles. The molecule has 0 saturated carbocycles. The fourth-order valence-electron chi connectivity index (χ4n) is 2.17. The molecule has 2 aromatic carbocycles. The summed E-state index contributed by atoms with van der Waals surface area (Å²) in [6.45, 7) is 0.532. The highest BCUT2D eigenvalue weighted by Crippen LogP contribution is 2.14. The van der Waals surface area contributed by atoms with E-state index >= 15 is 0 Å². The molecule has 6 heteroatoms. The highest BCUT2D eigenvalue weighted by molar-refractivity contribution is 6.30. The van der Waals surface area contributed by atoms with Gasteiger partial charge >= 0.3 is 0 Å². The van der Waals surface area contributed by atoms with E-state index in [1.807, 2.05) is 0 Å². The minimum atomic E-state index is -0.261. The van der Waals surface area contributed by atoms with Crippen LogP contribution in [0.15, 0.2) is 66.9 Å². The van der Waals surface area contributed by atoms with Crippen molar-refractivity contribution in [2.24, 2.45) is 0 Å². The molecule has 0 bridgehead atoms. The van der Waals surface area contributed by atoms with Crippen molar-refractivity contribution in [3.8, 4) is 0 Å². The number of halogens is 2. The minimum absolute atomic E-state index is 0.231. The largest absolute Gasteiger partial charge is 0.366 e. The van der Waals surface area contributed by atoms with Crippen LogP contribution in [0.4, 0.5) is 15.9 Å². The number of benzene rings is 2. The average molecular weight is 356 g/mol. The maximum Gasteiger partial charge on any atom is 0.255 e. The van der Waals surface area contributed by atoms with Gasteiger partial charge in [-0.2, -0.15) is 0 Å². The Morgan fingerprint density at radius 1 is 1.00 bits per heavy atom. The summed E-state index contributed by atoms with van der Waals surface area (Å²) >= 11 is 5.81. The van der Waals surface area contributed by atoms with E-state index in [9.17, 15) is 9.18 Å². The second kappa shape index (κ2) is 7.77. The zero-order valence-corrected chi connectivity index (χ0v) is 13.9. The van der Waals surface area contributed by atoms with Gasteiger partial charge < -0.3 is 10.6 Å². The lowest BCUT2D eigenvalue weighted by molar-refractivity contribution is 0.102. The first-order valence-corrected chi connectivity index (χ1v) is 7.99. The molecule has 1 amide bonds. The van der Waals surface area contributed by atoms with Crippen molar-refractivity contribution in [3.05, 3.63) is 88.8 Å². The molecule has 126 valence electrons. The zero-order chi connectivity index (χ0) is 17.6. The first-order chi connectivity index (χ1) is 12.1. The molecule has 25 heavy (non-hydrogen) atoms. The van der Waals surface area contributed by atoms with E-state index < -0.39 is 0 Å². The fraction of sp³-hybridized carbons (Fsp3) is 0.0526. The van der Waals surface area contributed by atoms with E-state index in [1.165, 1.54) is 12.1 Å². The molecule has 0 aliphatic rings. The molecule has 0 atom stereocenters. The Balaban J connectivity index is 1.57. The van der Waals surface area contributed by atoms with Crippen LogP contribution in [-0.2, 0) is 6.54 Å². The van der Waals surface area contributed by atoms with E-state index in [0.29, 0.717) is 28.6 Å². The topological polar surface area (TPSA) is 54.0 Å². The maximum absolute atomic E-state index is 12.9. The Hall–Kier alpha value is -2.92. The normalized spacial score (nSPS) is 10.3. The monoisotopic (exact) mass is 355 g/mol. The molecule has 0 saturated heterocycles. The van der Waals surface area contributed by atoms with Crippen molar-refractivity contribution in [1.82, 2.24) is 4.98 Å². The molecule has 4 nitrogen and oxygen atoms in total. The number of carbonyl (C=O) groups is 1. The lowest BCUT2D eigenvalue weighted by Gasteiger charge is -2.08. The Labute approximate surface area is 149 Å². The van der Waals surface area contributed by atoms with Gasteiger partial charge in [0.05, 0.1) is 11.9 Å².